The molecule has 1 aliphatic heterocycles. The zero-order valence-corrected chi connectivity index (χ0v) is 8.78. The number of aromatic carboxylic acids is 1. The monoisotopic (exact) mass is 241 g/mol. The lowest BCUT2D eigenvalue weighted by Gasteiger charge is -2.08. The average Bonchev–Trinajstić information content (AvgIpc) is 2.80. The predicted octanol–water partition coefficient (Wildman–Crippen LogP) is -0.107. The Morgan fingerprint density at radius 2 is 2.38 bits per heavy atom. The van der Waals surface area contributed by atoms with Crippen molar-refractivity contribution in [1.82, 2.24) is 15.2 Å². The highest BCUT2D eigenvalue weighted by atomic mass is 32.1. The summed E-state index contributed by atoms with van der Waals surface area (Å²) >= 11 is 1.10. The van der Waals surface area contributed by atoms with Crippen molar-refractivity contribution in [2.75, 3.05) is 6.54 Å². The van der Waals surface area contributed by atoms with E-state index in [1.165, 1.54) is 5.38 Å². The highest BCUT2D eigenvalue weighted by molar-refractivity contribution is 7.09. The molecule has 7 nitrogen and oxygen atoms in total. The van der Waals surface area contributed by atoms with Gasteiger partial charge in [0.1, 0.15) is 5.01 Å². The van der Waals surface area contributed by atoms with Crippen LogP contribution in [0.15, 0.2) is 5.38 Å². The van der Waals surface area contributed by atoms with Crippen LogP contribution in [0.5, 0.6) is 0 Å². The van der Waals surface area contributed by atoms with E-state index in [1.54, 1.807) is 0 Å². The number of urea groups is 1. The van der Waals surface area contributed by atoms with Gasteiger partial charge in [0, 0.05) is 5.38 Å². The van der Waals surface area contributed by atoms with E-state index in [4.69, 9.17) is 5.11 Å². The van der Waals surface area contributed by atoms with Gasteiger partial charge in [0.25, 0.3) is 0 Å². The van der Waals surface area contributed by atoms with Gasteiger partial charge in [-0.05, 0) is 0 Å². The van der Waals surface area contributed by atoms with Crippen LogP contribution >= 0.6 is 11.3 Å². The molecule has 0 bridgehead atoms. The lowest BCUT2D eigenvalue weighted by molar-refractivity contribution is -0.125. The lowest BCUT2D eigenvalue weighted by Crippen LogP contribution is -2.30. The third kappa shape index (κ3) is 1.87. The first kappa shape index (κ1) is 10.6. The number of nitrogens with one attached hydrogen (secondary N) is 1. The van der Waals surface area contributed by atoms with Gasteiger partial charge < -0.3 is 10.4 Å². The summed E-state index contributed by atoms with van der Waals surface area (Å²) in [7, 11) is 0. The predicted molar refractivity (Wildman–Crippen MR) is 53.0 cm³/mol. The summed E-state index contributed by atoms with van der Waals surface area (Å²) in [6.07, 6.45) is 0. The molecule has 0 aliphatic carbocycles. The maximum absolute atomic E-state index is 11.2. The third-order valence-corrected chi connectivity index (χ3v) is 2.83. The molecule has 1 aromatic rings. The molecule has 16 heavy (non-hydrogen) atoms. The Kier molecular flexibility index (Phi) is 2.57. The van der Waals surface area contributed by atoms with Gasteiger partial charge in [0.15, 0.2) is 5.69 Å². The van der Waals surface area contributed by atoms with Crippen molar-refractivity contribution in [2.24, 2.45) is 0 Å². The van der Waals surface area contributed by atoms with Gasteiger partial charge in [-0.3, -0.25) is 9.69 Å². The SMILES string of the molecule is O=C(O)c1csc(CN2C(=O)CNC2=O)n1. The number of hydrogen-bond acceptors (Lipinski definition) is 5. The van der Waals surface area contributed by atoms with E-state index in [1.807, 2.05) is 0 Å². The van der Waals surface area contributed by atoms with Gasteiger partial charge in [-0.2, -0.15) is 0 Å². The van der Waals surface area contributed by atoms with Crippen LogP contribution in [-0.4, -0.2) is 39.4 Å². The van der Waals surface area contributed by atoms with E-state index in [0.29, 0.717) is 5.01 Å². The molecule has 0 atom stereocenters. The van der Waals surface area contributed by atoms with Crippen LogP contribution in [0.4, 0.5) is 4.79 Å². The maximum atomic E-state index is 11.2. The van der Waals surface area contributed by atoms with Crippen LogP contribution in [0.1, 0.15) is 15.5 Å². The van der Waals surface area contributed by atoms with Crippen LogP contribution in [0, 0.1) is 0 Å². The second-order valence-corrected chi connectivity index (χ2v) is 4.01. The zero-order valence-electron chi connectivity index (χ0n) is 7.97. The molecule has 1 aromatic heterocycles. The number of carbonyl (C=O) groups excluding carboxylic acids is 2. The molecule has 1 fully saturated rings. The standard InChI is InChI=1S/C8H7N3O4S/c12-6-1-9-8(15)11(6)2-5-10-4(3-16-5)7(13)14/h3H,1-2H2,(H,9,15)(H,13,14). The zero-order chi connectivity index (χ0) is 11.7. The molecule has 8 heteroatoms. The average molecular weight is 241 g/mol. The van der Waals surface area contributed by atoms with Gasteiger partial charge in [0.05, 0.1) is 13.1 Å². The lowest BCUT2D eigenvalue weighted by atomic mass is 10.5. The van der Waals surface area contributed by atoms with Gasteiger partial charge in [0.2, 0.25) is 5.91 Å². The summed E-state index contributed by atoms with van der Waals surface area (Å²) < 4.78 is 0. The molecule has 1 saturated heterocycles. The topological polar surface area (TPSA) is 99.6 Å². The number of imide groups is 1. The second kappa shape index (κ2) is 3.89. The minimum absolute atomic E-state index is 0.0165. The summed E-state index contributed by atoms with van der Waals surface area (Å²) in [5.41, 5.74) is -0.0768. The van der Waals surface area contributed by atoms with Crippen molar-refractivity contribution in [3.05, 3.63) is 16.1 Å². The highest BCUT2D eigenvalue weighted by Gasteiger charge is 2.29. The maximum Gasteiger partial charge on any atom is 0.355 e. The van der Waals surface area contributed by atoms with E-state index in [0.717, 1.165) is 16.2 Å². The number of nitrogens with zero attached hydrogens (tertiary/aromatic N) is 2. The van der Waals surface area contributed by atoms with Crippen molar-refractivity contribution in [1.29, 1.82) is 0 Å². The Bertz CT molecular complexity index is 454. The molecule has 2 N–H and O–H groups in total. The number of carboxylic acids is 1. The van der Waals surface area contributed by atoms with E-state index >= 15 is 0 Å². The Labute approximate surface area is 93.7 Å². The fraction of sp³-hybridized carbons (Fsp3) is 0.250. The molecule has 1 aliphatic rings. The number of rotatable bonds is 3. The third-order valence-electron chi connectivity index (χ3n) is 2.00. The minimum Gasteiger partial charge on any atom is -0.476 e. The first-order chi connectivity index (χ1) is 7.58. The normalized spacial score (nSPS) is 15.4. The fourth-order valence-electron chi connectivity index (χ4n) is 1.23. The summed E-state index contributed by atoms with van der Waals surface area (Å²) in [5.74, 6) is -1.46. The Hall–Kier alpha value is -1.96. The van der Waals surface area contributed by atoms with Crippen LogP contribution in [0.25, 0.3) is 0 Å². The Morgan fingerprint density at radius 1 is 1.62 bits per heavy atom. The molecule has 2 rings (SSSR count). The number of aromatic nitrogens is 1. The van der Waals surface area contributed by atoms with Crippen molar-refractivity contribution in [2.45, 2.75) is 6.54 Å². The largest absolute Gasteiger partial charge is 0.476 e. The molecule has 0 spiro atoms. The van der Waals surface area contributed by atoms with E-state index in [2.05, 4.69) is 10.3 Å². The molecular formula is C8H7N3O4S. The van der Waals surface area contributed by atoms with Gasteiger partial charge in [-0.25, -0.2) is 14.6 Å². The summed E-state index contributed by atoms with van der Waals surface area (Å²) in [4.78, 5) is 37.8. The number of amides is 3. The number of carbonyl (C=O) groups is 3. The van der Waals surface area contributed by atoms with Crippen LogP contribution in [0.3, 0.4) is 0 Å². The van der Waals surface area contributed by atoms with Crippen molar-refractivity contribution < 1.29 is 19.5 Å². The Morgan fingerprint density at radius 3 is 2.88 bits per heavy atom. The molecular weight excluding hydrogens is 234 g/mol. The van der Waals surface area contributed by atoms with E-state index in [9.17, 15) is 14.4 Å². The minimum atomic E-state index is -1.13. The molecule has 84 valence electrons. The number of thiazole rings is 1. The van der Waals surface area contributed by atoms with Crippen molar-refractivity contribution in [3.8, 4) is 0 Å². The quantitative estimate of drug-likeness (QED) is 0.719. The summed E-state index contributed by atoms with van der Waals surface area (Å²) in [5, 5.41) is 12.8. The first-order valence-corrected chi connectivity index (χ1v) is 5.22. The van der Waals surface area contributed by atoms with Crippen LogP contribution in [0.2, 0.25) is 0 Å². The molecule has 3 amide bonds. The van der Waals surface area contributed by atoms with Crippen LogP contribution in [-0.2, 0) is 11.3 Å². The molecule has 0 unspecified atom stereocenters. The second-order valence-electron chi connectivity index (χ2n) is 3.07. The highest BCUT2D eigenvalue weighted by Crippen LogP contribution is 2.14. The number of hydrogen-bond donors (Lipinski definition) is 2. The number of carboxylic acid groups (broad SMARTS) is 1. The van der Waals surface area contributed by atoms with Gasteiger partial charge in [-0.15, -0.1) is 11.3 Å². The van der Waals surface area contributed by atoms with E-state index in [-0.39, 0.29) is 24.7 Å². The smallest absolute Gasteiger partial charge is 0.355 e. The summed E-state index contributed by atoms with van der Waals surface area (Å²) in [6, 6.07) is -0.475. The van der Waals surface area contributed by atoms with E-state index < -0.39 is 12.0 Å². The first-order valence-electron chi connectivity index (χ1n) is 4.34. The molecule has 0 aromatic carbocycles. The van der Waals surface area contributed by atoms with Gasteiger partial charge in [-0.1, -0.05) is 0 Å². The molecule has 0 radical (unpaired) electrons. The van der Waals surface area contributed by atoms with Crippen LogP contribution < -0.4 is 5.32 Å². The van der Waals surface area contributed by atoms with Crippen molar-refractivity contribution >= 4 is 29.2 Å². The van der Waals surface area contributed by atoms with Crippen molar-refractivity contribution in [3.63, 3.8) is 0 Å². The Balaban J connectivity index is 2.11. The van der Waals surface area contributed by atoms with Gasteiger partial charge >= 0.3 is 12.0 Å². The summed E-state index contributed by atoms with van der Waals surface area (Å²) in [6.45, 7) is -0.00138. The fourth-order valence-corrected chi connectivity index (χ4v) is 1.99. The molecule has 2 heterocycles. The molecule has 0 saturated carbocycles.